The number of amides is 1. The summed E-state index contributed by atoms with van der Waals surface area (Å²) < 4.78 is 0. The van der Waals surface area contributed by atoms with Crippen LogP contribution in [0.5, 0.6) is 11.5 Å². The monoisotopic (exact) mass is 607 g/mol. The summed E-state index contributed by atoms with van der Waals surface area (Å²) in [7, 11) is 0. The lowest BCUT2D eigenvalue weighted by Crippen LogP contribution is -2.60. The summed E-state index contributed by atoms with van der Waals surface area (Å²) >= 11 is 0. The van der Waals surface area contributed by atoms with E-state index in [-0.39, 0.29) is 45.7 Å². The lowest BCUT2D eigenvalue weighted by atomic mass is 9.78. The Morgan fingerprint density at radius 3 is 1.41 bits per heavy atom. The van der Waals surface area contributed by atoms with Crippen molar-refractivity contribution in [2.24, 2.45) is 5.92 Å². The number of nitrogens with one attached hydrogen (secondary N) is 2. The smallest absolute Gasteiger partial charge is 0.238 e. The molecule has 0 aliphatic carbocycles. The van der Waals surface area contributed by atoms with E-state index in [9.17, 15) is 19.8 Å². The van der Waals surface area contributed by atoms with E-state index >= 15 is 0 Å². The van der Waals surface area contributed by atoms with Gasteiger partial charge >= 0.3 is 0 Å². The van der Waals surface area contributed by atoms with Crippen LogP contribution in [0.25, 0.3) is 0 Å². The molecular formula is C37H57N3O4. The van der Waals surface area contributed by atoms with Crippen molar-refractivity contribution in [1.82, 2.24) is 16.0 Å². The van der Waals surface area contributed by atoms with Crippen LogP contribution in [0.1, 0.15) is 129 Å². The van der Waals surface area contributed by atoms with Gasteiger partial charge in [-0.05, 0) is 67.9 Å². The normalized spacial score (nSPS) is 16.7. The van der Waals surface area contributed by atoms with Gasteiger partial charge < -0.3 is 10.2 Å². The Bertz CT molecular complexity index is 1190. The van der Waals surface area contributed by atoms with Gasteiger partial charge in [0.25, 0.3) is 0 Å². The van der Waals surface area contributed by atoms with Gasteiger partial charge in [0.05, 0.1) is 5.92 Å². The molecule has 0 aromatic heterocycles. The number of rotatable bonds is 7. The number of hydrogen-bond acceptors (Lipinski definition) is 6. The highest BCUT2D eigenvalue weighted by atomic mass is 16.3. The van der Waals surface area contributed by atoms with Crippen molar-refractivity contribution in [1.29, 1.82) is 0 Å². The summed E-state index contributed by atoms with van der Waals surface area (Å²) in [5, 5.41) is 23.6. The summed E-state index contributed by atoms with van der Waals surface area (Å²) in [5.74, 6) is 0.395. The maximum atomic E-state index is 13.4. The van der Waals surface area contributed by atoms with Gasteiger partial charge in [0, 0.05) is 25.9 Å². The van der Waals surface area contributed by atoms with E-state index in [0.29, 0.717) is 43.9 Å². The SMILES string of the molecule is CC(C)(C)c1cc(CCC(=O)C2CNNN(C(=O)CCc3cc(C(C)(C)C)c(O)c(C(C)(C)C)c3)C2)cc(C(C)(C)C)c1O. The van der Waals surface area contributed by atoms with Crippen molar-refractivity contribution < 1.29 is 19.8 Å². The molecule has 244 valence electrons. The highest BCUT2D eigenvalue weighted by Gasteiger charge is 2.31. The van der Waals surface area contributed by atoms with Crippen molar-refractivity contribution >= 4 is 11.7 Å². The molecule has 7 nitrogen and oxygen atoms in total. The largest absolute Gasteiger partial charge is 0.507 e. The van der Waals surface area contributed by atoms with Crippen LogP contribution >= 0.6 is 0 Å². The van der Waals surface area contributed by atoms with Gasteiger partial charge in [-0.25, -0.2) is 5.43 Å². The van der Waals surface area contributed by atoms with E-state index in [1.807, 2.05) is 24.3 Å². The molecular weight excluding hydrogens is 550 g/mol. The number of benzene rings is 2. The highest BCUT2D eigenvalue weighted by molar-refractivity contribution is 5.83. The fourth-order valence-electron chi connectivity index (χ4n) is 5.80. The summed E-state index contributed by atoms with van der Waals surface area (Å²) in [6.07, 6.45) is 1.77. The average Bonchev–Trinajstić information content (AvgIpc) is 2.88. The van der Waals surface area contributed by atoms with Crippen LogP contribution in [-0.2, 0) is 44.1 Å². The van der Waals surface area contributed by atoms with E-state index < -0.39 is 0 Å². The van der Waals surface area contributed by atoms with Crippen LogP contribution in [0, 0.1) is 5.92 Å². The van der Waals surface area contributed by atoms with Gasteiger partial charge in [-0.1, -0.05) is 107 Å². The number of phenolic OH excluding ortho intramolecular Hbond substituents is 2. The highest BCUT2D eigenvalue weighted by Crippen LogP contribution is 2.41. The van der Waals surface area contributed by atoms with Gasteiger partial charge in [-0.15, -0.1) is 0 Å². The molecule has 1 unspecified atom stereocenters. The van der Waals surface area contributed by atoms with E-state index in [0.717, 1.165) is 33.4 Å². The molecule has 1 amide bonds. The Morgan fingerprint density at radius 1 is 0.682 bits per heavy atom. The molecule has 1 heterocycles. The third-order valence-electron chi connectivity index (χ3n) is 8.58. The van der Waals surface area contributed by atoms with Gasteiger partial charge in [-0.2, -0.15) is 5.53 Å². The van der Waals surface area contributed by atoms with Crippen LogP contribution in [-0.4, -0.2) is 40.0 Å². The molecule has 1 fully saturated rings. The van der Waals surface area contributed by atoms with E-state index in [1.165, 1.54) is 5.01 Å². The van der Waals surface area contributed by atoms with Gasteiger partial charge in [0.15, 0.2) is 0 Å². The molecule has 1 aliphatic heterocycles. The summed E-state index contributed by atoms with van der Waals surface area (Å²) in [4.78, 5) is 26.6. The number of ketones is 1. The number of carbonyl (C=O) groups excluding carboxylic acids is 2. The van der Waals surface area contributed by atoms with Gasteiger partial charge in [0.2, 0.25) is 5.91 Å². The third-order valence-corrected chi connectivity index (χ3v) is 8.58. The second-order valence-corrected chi connectivity index (χ2v) is 16.7. The molecule has 0 spiro atoms. The zero-order chi connectivity index (χ0) is 33.4. The Labute approximate surface area is 265 Å². The molecule has 1 aliphatic rings. The topological polar surface area (TPSA) is 102 Å². The standard InChI is InChI=1S/C37H57N3O4/c1-34(2,3)26-17-23(18-27(32(26)43)35(4,5)6)13-15-30(41)25-21-38-39-40(22-25)31(42)16-14-24-19-28(36(7,8)9)33(44)29(20-24)37(10,11)12/h17-20,25,38-39,43-44H,13-16,21-22H2,1-12H3. The van der Waals surface area contributed by atoms with E-state index in [2.05, 4.69) is 94.0 Å². The van der Waals surface area contributed by atoms with Crippen LogP contribution in [0.2, 0.25) is 0 Å². The number of hydrogen-bond donors (Lipinski definition) is 4. The lowest BCUT2D eigenvalue weighted by Gasteiger charge is -2.33. The molecule has 4 N–H and O–H groups in total. The first-order valence-electron chi connectivity index (χ1n) is 16.1. The number of aromatic hydroxyl groups is 2. The number of aryl methyl sites for hydroxylation is 2. The molecule has 0 bridgehead atoms. The number of phenols is 2. The molecule has 2 aromatic rings. The quantitative estimate of drug-likeness (QED) is 0.273. The number of Topliss-reactive ketones (excluding diaryl/α,β-unsaturated/α-hetero) is 1. The second kappa shape index (κ2) is 12.8. The Hall–Kier alpha value is -2.90. The van der Waals surface area contributed by atoms with Crippen LogP contribution in [0.4, 0.5) is 0 Å². The summed E-state index contributed by atoms with van der Waals surface area (Å²) in [5.41, 5.74) is 10.7. The van der Waals surface area contributed by atoms with Gasteiger partial charge in [-0.3, -0.25) is 14.6 Å². The number of hydrazine groups is 2. The number of carbonyl (C=O) groups is 2. The Morgan fingerprint density at radius 2 is 1.05 bits per heavy atom. The van der Waals surface area contributed by atoms with E-state index in [4.69, 9.17) is 0 Å². The fourth-order valence-corrected chi connectivity index (χ4v) is 5.80. The minimum atomic E-state index is -0.310. The lowest BCUT2D eigenvalue weighted by molar-refractivity contribution is -0.140. The first kappa shape index (κ1) is 35.6. The van der Waals surface area contributed by atoms with Crippen molar-refractivity contribution in [3.05, 3.63) is 57.6 Å². The van der Waals surface area contributed by atoms with Crippen molar-refractivity contribution in [3.63, 3.8) is 0 Å². The Balaban J connectivity index is 1.69. The molecule has 3 rings (SSSR count). The van der Waals surface area contributed by atoms with Gasteiger partial charge in [0.1, 0.15) is 17.3 Å². The molecule has 0 radical (unpaired) electrons. The zero-order valence-corrected chi connectivity index (χ0v) is 29.3. The van der Waals surface area contributed by atoms with Crippen LogP contribution < -0.4 is 11.0 Å². The molecule has 1 saturated heterocycles. The molecule has 2 aromatic carbocycles. The maximum absolute atomic E-state index is 13.4. The first-order valence-corrected chi connectivity index (χ1v) is 16.1. The van der Waals surface area contributed by atoms with E-state index in [1.54, 1.807) is 0 Å². The van der Waals surface area contributed by atoms with Crippen molar-refractivity contribution in [3.8, 4) is 11.5 Å². The predicted molar refractivity (Wildman–Crippen MR) is 179 cm³/mol. The van der Waals surface area contributed by atoms with Crippen LogP contribution in [0.3, 0.4) is 0 Å². The Kier molecular flexibility index (Phi) is 10.4. The minimum Gasteiger partial charge on any atom is -0.507 e. The van der Waals surface area contributed by atoms with Crippen molar-refractivity contribution in [2.45, 2.75) is 130 Å². The maximum Gasteiger partial charge on any atom is 0.238 e. The molecule has 44 heavy (non-hydrogen) atoms. The molecule has 1 atom stereocenters. The summed E-state index contributed by atoms with van der Waals surface area (Å²) in [6, 6.07) is 8.11. The third kappa shape index (κ3) is 8.63. The molecule has 7 heteroatoms. The second-order valence-electron chi connectivity index (χ2n) is 16.7. The fraction of sp³-hybridized carbons (Fsp3) is 0.622. The minimum absolute atomic E-state index is 0.0825. The van der Waals surface area contributed by atoms with Crippen molar-refractivity contribution in [2.75, 3.05) is 13.1 Å². The zero-order valence-electron chi connectivity index (χ0n) is 29.3. The number of nitrogens with zero attached hydrogens (tertiary/aromatic N) is 1. The molecule has 0 saturated carbocycles. The first-order chi connectivity index (χ1) is 20.0. The average molecular weight is 608 g/mol. The van der Waals surface area contributed by atoms with Crippen LogP contribution in [0.15, 0.2) is 24.3 Å². The summed E-state index contributed by atoms with van der Waals surface area (Å²) in [6.45, 7) is 25.8. The predicted octanol–water partition coefficient (Wildman–Crippen LogP) is 6.89.